The molecule has 2 aromatic carbocycles. The molecule has 8 nitrogen and oxygen atoms in total. The van der Waals surface area contributed by atoms with Crippen LogP contribution >= 0.6 is 0 Å². The fourth-order valence-electron chi connectivity index (χ4n) is 6.22. The maximum absolute atomic E-state index is 14.1. The minimum Gasteiger partial charge on any atom is -0.371 e. The van der Waals surface area contributed by atoms with Gasteiger partial charge in [-0.25, -0.2) is 4.39 Å². The van der Waals surface area contributed by atoms with E-state index in [1.165, 1.54) is 16.5 Å². The minimum absolute atomic E-state index is 0.0394. The van der Waals surface area contributed by atoms with Crippen LogP contribution < -0.4 is 4.90 Å². The molecule has 3 amide bonds. The second-order valence-corrected chi connectivity index (χ2v) is 11.0. The molecule has 2 fully saturated rings. The SMILES string of the molecule is O=C(C1CCN(c2cccc3c2C(=O)N(CCc2ccccc2F)C3=O)CC1)N1CCN(Cc2cccnc2)CC1. The summed E-state index contributed by atoms with van der Waals surface area (Å²) in [7, 11) is 0. The van der Waals surface area contributed by atoms with E-state index in [1.807, 2.05) is 29.3 Å². The number of carbonyl (C=O) groups is 3. The van der Waals surface area contributed by atoms with E-state index < -0.39 is 0 Å². The van der Waals surface area contributed by atoms with E-state index in [-0.39, 0.29) is 42.4 Å². The summed E-state index contributed by atoms with van der Waals surface area (Å²) in [5.74, 6) is -0.832. The number of hydrogen-bond acceptors (Lipinski definition) is 6. The largest absolute Gasteiger partial charge is 0.371 e. The van der Waals surface area contributed by atoms with Crippen molar-refractivity contribution < 1.29 is 18.8 Å². The zero-order chi connectivity index (χ0) is 28.3. The number of aromatic nitrogens is 1. The number of piperidine rings is 1. The Kier molecular flexibility index (Phi) is 7.78. The normalized spacial score (nSPS) is 18.2. The standard InChI is InChI=1S/C32H34FN5O3/c33-27-8-2-1-6-24(27)12-16-38-31(40)26-7-3-9-28(29(26)32(38)41)36-14-10-25(11-15-36)30(39)37-19-17-35(18-20-37)22-23-5-4-13-34-21-23/h1-9,13,21,25H,10-12,14-20,22H2. The van der Waals surface area contributed by atoms with E-state index in [0.29, 0.717) is 42.6 Å². The van der Waals surface area contributed by atoms with E-state index in [2.05, 4.69) is 20.9 Å². The molecule has 0 radical (unpaired) electrons. The van der Waals surface area contributed by atoms with Gasteiger partial charge < -0.3 is 9.80 Å². The first-order chi connectivity index (χ1) is 20.0. The molecule has 0 aliphatic carbocycles. The van der Waals surface area contributed by atoms with E-state index in [4.69, 9.17) is 0 Å². The van der Waals surface area contributed by atoms with Crippen molar-refractivity contribution in [2.75, 3.05) is 50.7 Å². The van der Waals surface area contributed by atoms with E-state index in [1.54, 1.807) is 30.5 Å². The summed E-state index contributed by atoms with van der Waals surface area (Å²) in [4.78, 5) is 51.8. The van der Waals surface area contributed by atoms with Crippen LogP contribution in [0.5, 0.6) is 0 Å². The second-order valence-electron chi connectivity index (χ2n) is 11.0. The van der Waals surface area contributed by atoms with Gasteiger partial charge in [0, 0.05) is 70.7 Å². The Hall–Kier alpha value is -4.11. The van der Waals surface area contributed by atoms with Crippen LogP contribution in [0.4, 0.5) is 10.1 Å². The zero-order valence-electron chi connectivity index (χ0n) is 23.0. The molecule has 0 unspecified atom stereocenters. The molecule has 0 saturated carbocycles. The van der Waals surface area contributed by atoms with Crippen molar-refractivity contribution in [2.45, 2.75) is 25.8 Å². The smallest absolute Gasteiger partial charge is 0.263 e. The van der Waals surface area contributed by atoms with Crippen LogP contribution in [-0.2, 0) is 17.8 Å². The highest BCUT2D eigenvalue weighted by Gasteiger charge is 2.39. The molecule has 0 atom stereocenters. The molecule has 4 heterocycles. The van der Waals surface area contributed by atoms with Crippen LogP contribution in [0.2, 0.25) is 0 Å². The van der Waals surface area contributed by atoms with Crippen LogP contribution in [-0.4, -0.2) is 83.2 Å². The van der Waals surface area contributed by atoms with Gasteiger partial charge >= 0.3 is 0 Å². The van der Waals surface area contributed by atoms with Crippen LogP contribution in [0, 0.1) is 11.7 Å². The first-order valence-corrected chi connectivity index (χ1v) is 14.4. The van der Waals surface area contributed by atoms with Crippen LogP contribution in [0.25, 0.3) is 0 Å². The van der Waals surface area contributed by atoms with Gasteiger partial charge in [-0.1, -0.05) is 30.3 Å². The molecule has 3 aromatic rings. The third-order valence-electron chi connectivity index (χ3n) is 8.54. The highest BCUT2D eigenvalue weighted by Crippen LogP contribution is 2.34. The number of halogens is 1. The molecule has 3 aliphatic heterocycles. The summed E-state index contributed by atoms with van der Waals surface area (Å²) in [6.45, 7) is 5.40. The van der Waals surface area contributed by atoms with Crippen LogP contribution in [0.3, 0.4) is 0 Å². The first-order valence-electron chi connectivity index (χ1n) is 14.4. The van der Waals surface area contributed by atoms with Gasteiger partial charge in [-0.3, -0.25) is 29.2 Å². The van der Waals surface area contributed by atoms with Gasteiger partial charge in [-0.15, -0.1) is 0 Å². The third-order valence-corrected chi connectivity index (χ3v) is 8.54. The number of imide groups is 1. The van der Waals surface area contributed by atoms with Crippen molar-refractivity contribution in [2.24, 2.45) is 5.92 Å². The average Bonchev–Trinajstić information content (AvgIpc) is 3.26. The number of carbonyl (C=O) groups excluding carboxylic acids is 3. The lowest BCUT2D eigenvalue weighted by molar-refractivity contribution is -0.138. The minimum atomic E-state index is -0.339. The van der Waals surface area contributed by atoms with E-state index >= 15 is 0 Å². The number of piperazine rings is 1. The molecule has 1 aromatic heterocycles. The molecule has 9 heteroatoms. The predicted molar refractivity (Wildman–Crippen MR) is 153 cm³/mol. The molecular weight excluding hydrogens is 521 g/mol. The number of hydrogen-bond donors (Lipinski definition) is 0. The molecule has 41 heavy (non-hydrogen) atoms. The van der Waals surface area contributed by atoms with Crippen molar-refractivity contribution in [3.05, 3.63) is 95.1 Å². The molecular formula is C32H34FN5O3. The second kappa shape index (κ2) is 11.8. The monoisotopic (exact) mass is 555 g/mol. The topological polar surface area (TPSA) is 77.1 Å². The highest BCUT2D eigenvalue weighted by atomic mass is 19.1. The van der Waals surface area contributed by atoms with Gasteiger partial charge in [0.25, 0.3) is 11.8 Å². The first kappa shape index (κ1) is 27.1. The molecule has 212 valence electrons. The van der Waals surface area contributed by atoms with Crippen LogP contribution in [0.15, 0.2) is 67.0 Å². The lowest BCUT2D eigenvalue weighted by atomic mass is 9.93. The third kappa shape index (κ3) is 5.59. The molecule has 6 rings (SSSR count). The number of rotatable bonds is 7. The Morgan fingerprint density at radius 3 is 2.39 bits per heavy atom. The fraction of sp³-hybridized carbons (Fsp3) is 0.375. The fourth-order valence-corrected chi connectivity index (χ4v) is 6.22. The maximum atomic E-state index is 14.1. The number of anilines is 1. The van der Waals surface area contributed by atoms with Crippen molar-refractivity contribution in [1.29, 1.82) is 0 Å². The van der Waals surface area contributed by atoms with Gasteiger partial charge in [-0.05, 0) is 54.7 Å². The van der Waals surface area contributed by atoms with Gasteiger partial charge in [0.15, 0.2) is 0 Å². The average molecular weight is 556 g/mol. The zero-order valence-corrected chi connectivity index (χ0v) is 23.0. The molecule has 3 aliphatic rings. The number of fused-ring (bicyclic) bond motifs is 1. The summed E-state index contributed by atoms with van der Waals surface area (Å²) in [6.07, 6.45) is 5.34. The van der Waals surface area contributed by atoms with Crippen molar-refractivity contribution >= 4 is 23.4 Å². The van der Waals surface area contributed by atoms with Gasteiger partial charge in [0.2, 0.25) is 5.91 Å². The molecule has 0 spiro atoms. The number of pyridine rings is 1. The summed E-state index contributed by atoms with van der Waals surface area (Å²) < 4.78 is 14.1. The van der Waals surface area contributed by atoms with Crippen molar-refractivity contribution in [1.82, 2.24) is 19.7 Å². The summed E-state index contributed by atoms with van der Waals surface area (Å²) in [5, 5.41) is 0. The quantitative estimate of drug-likeness (QED) is 0.415. The molecule has 2 saturated heterocycles. The lowest BCUT2D eigenvalue weighted by Gasteiger charge is -2.39. The Balaban J connectivity index is 1.05. The van der Waals surface area contributed by atoms with Gasteiger partial charge in [0.1, 0.15) is 5.82 Å². The lowest BCUT2D eigenvalue weighted by Crippen LogP contribution is -2.51. The molecule has 0 bridgehead atoms. The molecule has 0 N–H and O–H groups in total. The number of benzene rings is 2. The Bertz CT molecular complexity index is 1430. The van der Waals surface area contributed by atoms with Crippen LogP contribution in [0.1, 0.15) is 44.7 Å². The van der Waals surface area contributed by atoms with E-state index in [9.17, 15) is 18.8 Å². The number of nitrogens with zero attached hydrogens (tertiary/aromatic N) is 5. The van der Waals surface area contributed by atoms with Gasteiger partial charge in [0.05, 0.1) is 16.8 Å². The Morgan fingerprint density at radius 1 is 0.878 bits per heavy atom. The Labute approximate surface area is 239 Å². The highest BCUT2D eigenvalue weighted by molar-refractivity contribution is 6.23. The summed E-state index contributed by atoms with van der Waals surface area (Å²) in [5.41, 5.74) is 3.21. The predicted octanol–water partition coefficient (Wildman–Crippen LogP) is 3.62. The number of amides is 3. The van der Waals surface area contributed by atoms with Crippen molar-refractivity contribution in [3.63, 3.8) is 0 Å². The van der Waals surface area contributed by atoms with Crippen molar-refractivity contribution in [3.8, 4) is 0 Å². The summed E-state index contributed by atoms with van der Waals surface area (Å²) >= 11 is 0. The maximum Gasteiger partial charge on any atom is 0.263 e. The Morgan fingerprint density at radius 2 is 1.66 bits per heavy atom. The summed E-state index contributed by atoms with van der Waals surface area (Å²) in [6, 6.07) is 15.8. The van der Waals surface area contributed by atoms with Gasteiger partial charge in [-0.2, -0.15) is 0 Å². The van der Waals surface area contributed by atoms with E-state index in [0.717, 1.165) is 38.4 Å².